The molecular weight excluding hydrogens is 162 g/mol. The maximum atomic E-state index is 11.1. The molecule has 1 aromatic rings. The lowest BCUT2D eigenvalue weighted by Crippen LogP contribution is -1.97. The van der Waals surface area contributed by atoms with Crippen molar-refractivity contribution in [3.63, 3.8) is 0 Å². The molecule has 0 fully saturated rings. The van der Waals surface area contributed by atoms with Crippen molar-refractivity contribution < 1.29 is 8.42 Å². The van der Waals surface area contributed by atoms with E-state index in [4.69, 9.17) is 0 Å². The van der Waals surface area contributed by atoms with Gasteiger partial charge in [-0.1, -0.05) is 0 Å². The van der Waals surface area contributed by atoms with Gasteiger partial charge in [-0.2, -0.15) is 0 Å². The maximum Gasteiger partial charge on any atom is 0.158 e. The molecule has 0 bridgehead atoms. The quantitative estimate of drug-likeness (QED) is 0.568. The molecule has 0 saturated carbocycles. The summed E-state index contributed by atoms with van der Waals surface area (Å²) in [5.41, 5.74) is 1.93. The van der Waals surface area contributed by atoms with Gasteiger partial charge in [-0.05, 0) is 11.1 Å². The third kappa shape index (κ3) is 1.07. The molecule has 0 atom stereocenters. The van der Waals surface area contributed by atoms with Gasteiger partial charge in [-0.25, -0.2) is 8.42 Å². The molecule has 0 spiro atoms. The minimum absolute atomic E-state index is 0.225. The molecule has 4 heteroatoms. The van der Waals surface area contributed by atoms with Crippen LogP contribution in [0.3, 0.4) is 0 Å². The van der Waals surface area contributed by atoms with Crippen LogP contribution < -0.4 is 0 Å². The second kappa shape index (κ2) is 1.88. The van der Waals surface area contributed by atoms with Gasteiger partial charge in [0.15, 0.2) is 9.84 Å². The smallest absolute Gasteiger partial charge is 0.158 e. The highest BCUT2D eigenvalue weighted by Gasteiger charge is 2.25. The Morgan fingerprint density at radius 3 is 2.18 bits per heavy atom. The van der Waals surface area contributed by atoms with Crippen LogP contribution in [0.2, 0.25) is 0 Å². The largest absolute Gasteiger partial charge is 0.357 e. The fourth-order valence-corrected chi connectivity index (χ4v) is 3.05. The first-order valence-electron chi connectivity index (χ1n) is 3.41. The van der Waals surface area contributed by atoms with E-state index in [1.165, 1.54) is 0 Å². The summed E-state index contributed by atoms with van der Waals surface area (Å²) in [6.45, 7) is 0. The van der Waals surface area contributed by atoms with Gasteiger partial charge in [0.1, 0.15) is 0 Å². The average Bonchev–Trinajstić information content (AvgIpc) is 2.17. The SMILES string of the molecule is Cn1cc2c(c1)CS(=O)(=O)C2. The summed E-state index contributed by atoms with van der Waals surface area (Å²) in [5, 5.41) is 0. The first kappa shape index (κ1) is 6.91. The van der Waals surface area contributed by atoms with Crippen LogP contribution in [0.5, 0.6) is 0 Å². The zero-order chi connectivity index (χ0) is 8.06. The minimum Gasteiger partial charge on any atom is -0.357 e. The molecule has 0 saturated heterocycles. The number of fused-ring (bicyclic) bond motifs is 1. The summed E-state index contributed by atoms with van der Waals surface area (Å²) >= 11 is 0. The third-order valence-electron chi connectivity index (χ3n) is 1.88. The molecule has 0 unspecified atom stereocenters. The zero-order valence-electron chi connectivity index (χ0n) is 6.24. The Morgan fingerprint density at radius 2 is 1.73 bits per heavy atom. The summed E-state index contributed by atoms with van der Waals surface area (Å²) in [6.07, 6.45) is 3.75. The molecule has 2 rings (SSSR count). The van der Waals surface area contributed by atoms with Crippen molar-refractivity contribution in [2.24, 2.45) is 7.05 Å². The van der Waals surface area contributed by atoms with Crippen LogP contribution in [0.25, 0.3) is 0 Å². The number of aromatic nitrogens is 1. The molecular formula is C7H9NO2S. The van der Waals surface area contributed by atoms with E-state index in [2.05, 4.69) is 0 Å². The van der Waals surface area contributed by atoms with Crippen molar-refractivity contribution in [2.45, 2.75) is 11.5 Å². The summed E-state index contributed by atoms with van der Waals surface area (Å²) in [5.74, 6) is 0.451. The highest BCUT2D eigenvalue weighted by molar-refractivity contribution is 7.90. The molecule has 0 amide bonds. The molecule has 0 N–H and O–H groups in total. The van der Waals surface area contributed by atoms with Crippen LogP contribution in [0.1, 0.15) is 11.1 Å². The van der Waals surface area contributed by atoms with Gasteiger partial charge in [0, 0.05) is 19.4 Å². The Labute approximate surface area is 65.6 Å². The second-order valence-electron chi connectivity index (χ2n) is 3.01. The summed E-state index contributed by atoms with van der Waals surface area (Å²) in [6, 6.07) is 0. The fraction of sp³-hybridized carbons (Fsp3) is 0.429. The monoisotopic (exact) mass is 171 g/mol. The van der Waals surface area contributed by atoms with E-state index in [-0.39, 0.29) is 11.5 Å². The second-order valence-corrected chi connectivity index (χ2v) is 5.07. The number of aryl methyl sites for hydroxylation is 1. The number of nitrogens with zero attached hydrogens (tertiary/aromatic N) is 1. The number of hydrogen-bond acceptors (Lipinski definition) is 2. The van der Waals surface area contributed by atoms with E-state index in [9.17, 15) is 8.42 Å². The van der Waals surface area contributed by atoms with Crippen molar-refractivity contribution >= 4 is 9.84 Å². The summed E-state index contributed by atoms with van der Waals surface area (Å²) in [7, 11) is -0.884. The van der Waals surface area contributed by atoms with Gasteiger partial charge in [0.05, 0.1) is 11.5 Å². The molecule has 3 nitrogen and oxygen atoms in total. The molecule has 0 aromatic carbocycles. The van der Waals surface area contributed by atoms with Crippen molar-refractivity contribution in [2.75, 3.05) is 0 Å². The molecule has 1 aliphatic heterocycles. The standard InChI is InChI=1S/C7H9NO2S/c1-8-2-6-4-11(9,10)5-7(6)3-8/h2-3H,4-5H2,1H3. The van der Waals surface area contributed by atoms with Gasteiger partial charge in [-0.3, -0.25) is 0 Å². The first-order chi connectivity index (χ1) is 5.07. The van der Waals surface area contributed by atoms with Crippen LogP contribution in [-0.4, -0.2) is 13.0 Å². The Balaban J connectivity index is 2.53. The normalized spacial score (nSPS) is 20.1. The Hall–Kier alpha value is -0.770. The van der Waals surface area contributed by atoms with Crippen molar-refractivity contribution in [1.82, 2.24) is 4.57 Å². The van der Waals surface area contributed by atoms with E-state index in [1.54, 1.807) is 0 Å². The fourth-order valence-electron chi connectivity index (χ4n) is 1.48. The summed E-state index contributed by atoms with van der Waals surface area (Å²) in [4.78, 5) is 0. The van der Waals surface area contributed by atoms with Crippen molar-refractivity contribution in [3.05, 3.63) is 23.5 Å². The molecule has 2 heterocycles. The van der Waals surface area contributed by atoms with E-state index in [1.807, 2.05) is 24.0 Å². The average molecular weight is 171 g/mol. The van der Waals surface area contributed by atoms with Gasteiger partial charge < -0.3 is 4.57 Å². The highest BCUT2D eigenvalue weighted by atomic mass is 32.2. The lowest BCUT2D eigenvalue weighted by Gasteiger charge is -1.90. The minimum atomic E-state index is -2.79. The third-order valence-corrected chi connectivity index (χ3v) is 3.38. The van der Waals surface area contributed by atoms with E-state index in [0.717, 1.165) is 11.1 Å². The molecule has 0 radical (unpaired) electrons. The molecule has 0 aliphatic carbocycles. The van der Waals surface area contributed by atoms with Crippen LogP contribution in [-0.2, 0) is 28.4 Å². The summed E-state index contributed by atoms with van der Waals surface area (Å²) < 4.78 is 24.0. The van der Waals surface area contributed by atoms with Crippen LogP contribution in [0.4, 0.5) is 0 Å². The molecule has 1 aliphatic rings. The lowest BCUT2D eigenvalue weighted by molar-refractivity contribution is 0.597. The van der Waals surface area contributed by atoms with Crippen molar-refractivity contribution in [1.29, 1.82) is 0 Å². The predicted octanol–water partition coefficient (Wildman–Crippen LogP) is 0.454. The van der Waals surface area contributed by atoms with Crippen LogP contribution in [0, 0.1) is 0 Å². The number of sulfone groups is 1. The maximum absolute atomic E-state index is 11.1. The highest BCUT2D eigenvalue weighted by Crippen LogP contribution is 2.24. The van der Waals surface area contributed by atoms with Gasteiger partial charge >= 0.3 is 0 Å². The van der Waals surface area contributed by atoms with E-state index >= 15 is 0 Å². The van der Waals surface area contributed by atoms with Crippen molar-refractivity contribution in [3.8, 4) is 0 Å². The predicted molar refractivity (Wildman–Crippen MR) is 41.7 cm³/mol. The first-order valence-corrected chi connectivity index (χ1v) is 5.23. The van der Waals surface area contributed by atoms with Gasteiger partial charge in [-0.15, -0.1) is 0 Å². The Kier molecular flexibility index (Phi) is 1.18. The topological polar surface area (TPSA) is 39.1 Å². The Bertz CT molecular complexity index is 359. The number of hydrogen-bond donors (Lipinski definition) is 0. The van der Waals surface area contributed by atoms with E-state index in [0.29, 0.717) is 0 Å². The zero-order valence-corrected chi connectivity index (χ0v) is 7.06. The lowest BCUT2D eigenvalue weighted by atomic mass is 10.2. The Morgan fingerprint density at radius 1 is 1.27 bits per heavy atom. The van der Waals surface area contributed by atoms with Gasteiger partial charge in [0.25, 0.3) is 0 Å². The van der Waals surface area contributed by atoms with Crippen LogP contribution in [0.15, 0.2) is 12.4 Å². The molecule has 1 aromatic heterocycles. The van der Waals surface area contributed by atoms with Gasteiger partial charge in [0.2, 0.25) is 0 Å². The van der Waals surface area contributed by atoms with E-state index < -0.39 is 9.84 Å². The molecule has 60 valence electrons. The van der Waals surface area contributed by atoms with Crippen LogP contribution >= 0.6 is 0 Å². The number of rotatable bonds is 0. The molecule has 11 heavy (non-hydrogen) atoms.